The van der Waals surface area contributed by atoms with E-state index in [1.807, 2.05) is 25.4 Å². The van der Waals surface area contributed by atoms with E-state index < -0.39 is 11.6 Å². The number of aryl methyl sites for hydroxylation is 1. The average molecular weight is 507 g/mol. The Labute approximate surface area is 212 Å². The van der Waals surface area contributed by atoms with Crippen molar-refractivity contribution in [1.82, 2.24) is 35.1 Å². The lowest BCUT2D eigenvalue weighted by molar-refractivity contribution is 0.0927. The van der Waals surface area contributed by atoms with Crippen LogP contribution in [-0.2, 0) is 7.05 Å². The van der Waals surface area contributed by atoms with Gasteiger partial charge in [-0.2, -0.15) is 5.10 Å². The van der Waals surface area contributed by atoms with Gasteiger partial charge in [0.2, 0.25) is 0 Å². The van der Waals surface area contributed by atoms with Crippen LogP contribution in [0.3, 0.4) is 0 Å². The van der Waals surface area contributed by atoms with Gasteiger partial charge in [0.15, 0.2) is 5.82 Å². The molecule has 1 aliphatic heterocycles. The maximum atomic E-state index is 13.9. The molecule has 6 rings (SSSR count). The number of aromatic nitrogens is 6. The number of tetrazole rings is 1. The molecule has 11 heteroatoms. The first-order valence-corrected chi connectivity index (χ1v) is 12.7. The number of nitrogens with one attached hydrogen (secondary N) is 1. The Balaban J connectivity index is 1.18. The van der Waals surface area contributed by atoms with E-state index in [0.717, 1.165) is 62.6 Å². The lowest BCUT2D eigenvalue weighted by Crippen LogP contribution is -2.37. The molecule has 192 valence electrons. The smallest absolute Gasteiger partial charge is 0.255 e. The molecule has 1 N–H and O–H groups in total. The summed E-state index contributed by atoms with van der Waals surface area (Å²) in [4.78, 5) is 15.4. The van der Waals surface area contributed by atoms with E-state index in [0.29, 0.717) is 22.6 Å². The second-order valence-electron chi connectivity index (χ2n) is 10.0. The van der Waals surface area contributed by atoms with Crippen molar-refractivity contribution in [2.45, 2.75) is 56.5 Å². The van der Waals surface area contributed by atoms with Gasteiger partial charge in [-0.05, 0) is 78.8 Å². The van der Waals surface area contributed by atoms with Gasteiger partial charge in [-0.25, -0.2) is 18.0 Å². The van der Waals surface area contributed by atoms with Gasteiger partial charge < -0.3 is 10.2 Å². The molecule has 0 bridgehead atoms. The number of anilines is 1. The predicted octanol–water partition coefficient (Wildman–Crippen LogP) is 3.93. The van der Waals surface area contributed by atoms with Crippen LogP contribution in [0.25, 0.3) is 5.52 Å². The lowest BCUT2D eigenvalue weighted by Gasteiger charge is -2.28. The van der Waals surface area contributed by atoms with Crippen LogP contribution in [0.1, 0.15) is 72.2 Å². The zero-order chi connectivity index (χ0) is 25.5. The second kappa shape index (κ2) is 9.53. The van der Waals surface area contributed by atoms with Crippen LogP contribution in [0.4, 0.5) is 14.5 Å². The van der Waals surface area contributed by atoms with Crippen molar-refractivity contribution in [2.75, 3.05) is 11.4 Å². The van der Waals surface area contributed by atoms with Crippen molar-refractivity contribution in [2.24, 2.45) is 7.05 Å². The van der Waals surface area contributed by atoms with E-state index in [4.69, 9.17) is 0 Å². The number of hydrogen-bond acceptors (Lipinski definition) is 6. The predicted molar refractivity (Wildman–Crippen MR) is 132 cm³/mol. The molecule has 2 aliphatic rings. The SMILES string of the molecule is Cn1nnnc1C1CCC(NC(=O)c2cnn3ccc(N4CCC[C@@H]4c4cc(F)cc(F)c4)cc23)CC1. The van der Waals surface area contributed by atoms with Gasteiger partial charge in [0.05, 0.1) is 23.3 Å². The fourth-order valence-corrected chi connectivity index (χ4v) is 5.85. The Morgan fingerprint density at radius 1 is 1.05 bits per heavy atom. The monoisotopic (exact) mass is 506 g/mol. The first-order chi connectivity index (χ1) is 18.0. The molecule has 1 aliphatic carbocycles. The number of benzene rings is 1. The molecule has 0 spiro atoms. The van der Waals surface area contributed by atoms with Crippen LogP contribution >= 0.6 is 0 Å². The van der Waals surface area contributed by atoms with Crippen molar-refractivity contribution < 1.29 is 13.6 Å². The van der Waals surface area contributed by atoms with Crippen molar-refractivity contribution in [3.8, 4) is 0 Å². The third-order valence-electron chi connectivity index (χ3n) is 7.68. The first-order valence-electron chi connectivity index (χ1n) is 12.7. The number of fused-ring (bicyclic) bond motifs is 1. The van der Waals surface area contributed by atoms with E-state index in [1.165, 1.54) is 12.1 Å². The average Bonchev–Trinajstić information content (AvgIpc) is 3.63. The molecule has 3 aromatic heterocycles. The highest BCUT2D eigenvalue weighted by Crippen LogP contribution is 2.37. The maximum Gasteiger partial charge on any atom is 0.255 e. The van der Waals surface area contributed by atoms with Crippen LogP contribution < -0.4 is 10.2 Å². The fourth-order valence-electron chi connectivity index (χ4n) is 5.85. The summed E-state index contributed by atoms with van der Waals surface area (Å²) in [6.07, 6.45) is 8.66. The molecule has 1 atom stereocenters. The number of carbonyl (C=O) groups is 1. The number of nitrogens with zero attached hydrogens (tertiary/aromatic N) is 7. The number of carbonyl (C=O) groups excluding carboxylic acids is 1. The number of amides is 1. The minimum Gasteiger partial charge on any atom is -0.364 e. The van der Waals surface area contributed by atoms with Gasteiger partial charge in [0.25, 0.3) is 5.91 Å². The van der Waals surface area contributed by atoms with Crippen molar-refractivity contribution in [1.29, 1.82) is 0 Å². The van der Waals surface area contributed by atoms with Gasteiger partial charge in [-0.1, -0.05) is 0 Å². The molecule has 2 fully saturated rings. The molecule has 4 aromatic rings. The Morgan fingerprint density at radius 3 is 2.57 bits per heavy atom. The minimum absolute atomic E-state index is 0.0777. The number of hydrogen-bond donors (Lipinski definition) is 1. The normalized spacial score (nSPS) is 22.0. The van der Waals surface area contributed by atoms with Gasteiger partial charge in [-0.3, -0.25) is 4.79 Å². The van der Waals surface area contributed by atoms with E-state index in [-0.39, 0.29) is 18.0 Å². The van der Waals surface area contributed by atoms with Crippen LogP contribution in [0.5, 0.6) is 0 Å². The highest BCUT2D eigenvalue weighted by Gasteiger charge is 2.29. The van der Waals surface area contributed by atoms with Gasteiger partial charge in [-0.15, -0.1) is 5.10 Å². The standard InChI is InChI=1S/C26H28F2N8O/c1-34-25(31-32-33-34)16-4-6-20(7-5-16)30-26(37)22-15-29-36-10-8-21(14-24(22)36)35-9-2-3-23(35)17-11-18(27)13-19(28)12-17/h8,10-16,20,23H,2-7,9H2,1H3,(H,30,37)/t16?,20?,23-/m1/s1. The largest absolute Gasteiger partial charge is 0.364 e. The Morgan fingerprint density at radius 2 is 1.84 bits per heavy atom. The summed E-state index contributed by atoms with van der Waals surface area (Å²) >= 11 is 0. The van der Waals surface area contributed by atoms with E-state index in [2.05, 4.69) is 30.8 Å². The molecule has 1 amide bonds. The zero-order valence-electron chi connectivity index (χ0n) is 20.5. The molecular weight excluding hydrogens is 478 g/mol. The maximum absolute atomic E-state index is 13.9. The topological polar surface area (TPSA) is 93.2 Å². The summed E-state index contributed by atoms with van der Waals surface area (Å²) in [5.41, 5.74) is 2.72. The Hall–Kier alpha value is -3.89. The van der Waals surface area contributed by atoms with Crippen LogP contribution in [0, 0.1) is 11.6 Å². The summed E-state index contributed by atoms with van der Waals surface area (Å²) < 4.78 is 31.2. The zero-order valence-corrected chi connectivity index (χ0v) is 20.5. The Kier molecular flexibility index (Phi) is 6.05. The first kappa shape index (κ1) is 23.5. The summed E-state index contributed by atoms with van der Waals surface area (Å²) in [6.45, 7) is 0.763. The molecule has 1 saturated heterocycles. The van der Waals surface area contributed by atoms with E-state index in [1.54, 1.807) is 15.4 Å². The third-order valence-corrected chi connectivity index (χ3v) is 7.68. The molecule has 37 heavy (non-hydrogen) atoms. The van der Waals surface area contributed by atoms with Crippen LogP contribution in [-0.4, -0.2) is 48.3 Å². The molecule has 4 heterocycles. The number of pyridine rings is 1. The summed E-state index contributed by atoms with van der Waals surface area (Å²) in [6, 6.07) is 7.51. The van der Waals surface area contributed by atoms with Crippen LogP contribution in [0.15, 0.2) is 42.7 Å². The van der Waals surface area contributed by atoms with Gasteiger partial charge in [0, 0.05) is 43.5 Å². The second-order valence-corrected chi connectivity index (χ2v) is 10.0. The quantitative estimate of drug-likeness (QED) is 0.441. The highest BCUT2D eigenvalue weighted by atomic mass is 19.1. The fraction of sp³-hybridized carbons (Fsp3) is 0.423. The van der Waals surface area contributed by atoms with Gasteiger partial charge in [0.1, 0.15) is 11.6 Å². The molecule has 9 nitrogen and oxygen atoms in total. The molecule has 1 saturated carbocycles. The molecule has 0 radical (unpaired) electrons. The minimum atomic E-state index is -0.575. The highest BCUT2D eigenvalue weighted by molar-refractivity contribution is 6.01. The van der Waals surface area contributed by atoms with Crippen LogP contribution in [0.2, 0.25) is 0 Å². The van der Waals surface area contributed by atoms with Crippen molar-refractivity contribution in [3.63, 3.8) is 0 Å². The summed E-state index contributed by atoms with van der Waals surface area (Å²) in [5, 5.41) is 19.4. The Bertz CT molecular complexity index is 1420. The van der Waals surface area contributed by atoms with E-state index >= 15 is 0 Å². The van der Waals surface area contributed by atoms with Crippen molar-refractivity contribution >= 4 is 17.1 Å². The van der Waals surface area contributed by atoms with Crippen molar-refractivity contribution in [3.05, 3.63) is 71.3 Å². The number of rotatable bonds is 5. The summed E-state index contributed by atoms with van der Waals surface area (Å²) in [7, 11) is 1.85. The van der Waals surface area contributed by atoms with E-state index in [9.17, 15) is 13.6 Å². The van der Waals surface area contributed by atoms with Gasteiger partial charge >= 0.3 is 0 Å². The third kappa shape index (κ3) is 4.54. The molecule has 1 aromatic carbocycles. The lowest BCUT2D eigenvalue weighted by atomic mass is 9.85. The summed E-state index contributed by atoms with van der Waals surface area (Å²) in [5.74, 6) is -0.112. The number of halogens is 2. The molecular formula is C26H28F2N8O. The molecule has 0 unspecified atom stereocenters.